The first-order valence-corrected chi connectivity index (χ1v) is 43.1. The summed E-state index contributed by atoms with van der Waals surface area (Å²) < 4.78 is 14.2. The minimum Gasteiger partial charge on any atom is -0.456 e. The van der Waals surface area contributed by atoms with E-state index in [1.165, 1.54) is 300 Å². The summed E-state index contributed by atoms with van der Waals surface area (Å²) in [6.45, 7) is 19.4. The van der Waals surface area contributed by atoms with Gasteiger partial charge in [0, 0.05) is 71.3 Å². The van der Waals surface area contributed by atoms with Gasteiger partial charge in [0.05, 0.1) is 5.69 Å². The van der Waals surface area contributed by atoms with Crippen molar-refractivity contribution in [1.29, 1.82) is 0 Å². The molecule has 0 saturated carbocycles. The van der Waals surface area contributed by atoms with E-state index in [-0.39, 0.29) is 16.2 Å². The second kappa shape index (κ2) is 30.6. The van der Waals surface area contributed by atoms with Crippen LogP contribution in [0.4, 0.5) is 17.1 Å². The van der Waals surface area contributed by atoms with Gasteiger partial charge < -0.3 is 13.7 Å². The molecule has 2 aromatic heterocycles. The number of nitrogens with zero attached hydrogens (tertiary/aromatic N) is 1. The summed E-state index contributed by atoms with van der Waals surface area (Å²) in [7, 11) is 0. The molecule has 109 heavy (non-hydrogen) atoms. The molecule has 3 nitrogen and oxygen atoms in total. The molecule has 0 N–H and O–H groups in total. The molecule has 0 bridgehead atoms. The predicted molar refractivity (Wildman–Crippen MR) is 466 cm³/mol. The number of anilines is 3. The number of benzene rings is 11. The molecule has 11 aromatic carbocycles. The first-order valence-electron chi connectivity index (χ1n) is 43.1. The molecule has 2 heterocycles. The van der Waals surface area contributed by atoms with E-state index in [1.807, 2.05) is 0 Å². The largest absolute Gasteiger partial charge is 0.456 e. The fourth-order valence-electron chi connectivity index (χ4n) is 21.6. The van der Waals surface area contributed by atoms with E-state index in [9.17, 15) is 0 Å². The summed E-state index contributed by atoms with van der Waals surface area (Å²) in [6.07, 6.45) is 35.2. The van der Waals surface area contributed by atoms with Gasteiger partial charge in [-0.1, -0.05) is 367 Å². The first-order chi connectivity index (χ1) is 53.5. The zero-order valence-corrected chi connectivity index (χ0v) is 66.8. The van der Waals surface area contributed by atoms with Crippen molar-refractivity contribution in [2.75, 3.05) is 4.90 Å². The quantitative estimate of drug-likeness (QED) is 0.0384. The molecule has 13 aromatic rings. The number of rotatable bonds is 33. The van der Waals surface area contributed by atoms with Crippen LogP contribution >= 0.6 is 0 Å². The Balaban J connectivity index is 0.921. The molecule has 0 fully saturated rings. The first kappa shape index (κ1) is 72.7. The van der Waals surface area contributed by atoms with Crippen LogP contribution in [0.1, 0.15) is 280 Å². The molecule has 556 valence electrons. The Morgan fingerprint density at radius 1 is 0.275 bits per heavy atom. The van der Waals surface area contributed by atoms with Gasteiger partial charge in [-0.05, 0) is 175 Å². The van der Waals surface area contributed by atoms with Gasteiger partial charge >= 0.3 is 0 Å². The van der Waals surface area contributed by atoms with Crippen molar-refractivity contribution in [1.82, 2.24) is 0 Å². The Bertz CT molecular complexity index is 5390. The number of hydrogen-bond acceptors (Lipinski definition) is 3. The lowest BCUT2D eigenvalue weighted by Gasteiger charge is -2.36. The van der Waals surface area contributed by atoms with E-state index in [0.29, 0.717) is 0 Å². The molecular formula is C106H115NO2. The molecule has 0 amide bonds. The minimum atomic E-state index is -0.404. The maximum atomic E-state index is 7.24. The molecule has 0 aliphatic heterocycles. The molecule has 17 rings (SSSR count). The zero-order chi connectivity index (χ0) is 74.4. The molecule has 0 spiro atoms. The van der Waals surface area contributed by atoms with Crippen molar-refractivity contribution >= 4 is 60.9 Å². The summed E-state index contributed by atoms with van der Waals surface area (Å²) in [5.74, 6) is 0. The van der Waals surface area contributed by atoms with Gasteiger partial charge in [0.25, 0.3) is 0 Å². The molecule has 0 atom stereocenters. The summed E-state index contributed by atoms with van der Waals surface area (Å²) in [4.78, 5) is 2.74. The molecular weight excluding hydrogens is 1320 g/mol. The number of unbranched alkanes of at least 4 members (excludes halogenated alkanes) is 20. The zero-order valence-electron chi connectivity index (χ0n) is 66.8. The number of hydrogen-bond donors (Lipinski definition) is 0. The third-order valence-corrected chi connectivity index (χ3v) is 27.0. The summed E-state index contributed by atoms with van der Waals surface area (Å²) in [5, 5.41) is 4.99. The molecule has 0 radical (unpaired) electrons. The summed E-state index contributed by atoms with van der Waals surface area (Å²) in [5.41, 5.74) is 34.2. The second-order valence-corrected chi connectivity index (χ2v) is 34.5. The SMILES string of the molecule is CCCCCCCCC1(CCCCCCCC)c2cc(N(c3ccc4c(c3)C(C)(C)c3c5c(c6oc7ccccc7c6c3-4)-c3ccccc3C5(C)C)c3c(-c4ccccc4)cccc3-c3ccccc3)ccc2-c2cc3c(cc21)-c1c(ccc2oc4ccccc4c12)C3(CCCCCCCC)CCCCCCCC. The van der Waals surface area contributed by atoms with Crippen LogP contribution in [0.25, 0.3) is 111 Å². The van der Waals surface area contributed by atoms with Crippen LogP contribution in [0, 0.1) is 0 Å². The third-order valence-electron chi connectivity index (χ3n) is 27.0. The topological polar surface area (TPSA) is 29.5 Å². The van der Waals surface area contributed by atoms with Crippen molar-refractivity contribution in [3.63, 3.8) is 0 Å². The van der Waals surface area contributed by atoms with Crippen molar-refractivity contribution in [3.8, 4) is 66.8 Å². The predicted octanol–water partition coefficient (Wildman–Crippen LogP) is 32.4. The van der Waals surface area contributed by atoms with Gasteiger partial charge in [-0.15, -0.1) is 0 Å². The highest BCUT2D eigenvalue weighted by atomic mass is 16.3. The summed E-state index contributed by atoms with van der Waals surface area (Å²) in [6, 6.07) is 82.9. The monoisotopic (exact) mass is 1430 g/mol. The third kappa shape index (κ3) is 12.4. The van der Waals surface area contributed by atoms with Gasteiger partial charge in [0.15, 0.2) is 0 Å². The normalized spacial score (nSPS) is 14.8. The van der Waals surface area contributed by atoms with E-state index >= 15 is 0 Å². The molecule has 0 unspecified atom stereocenters. The maximum Gasteiger partial charge on any atom is 0.144 e. The van der Waals surface area contributed by atoms with Crippen LogP contribution in [0.3, 0.4) is 0 Å². The lowest BCUT2D eigenvalue weighted by atomic mass is 9.68. The van der Waals surface area contributed by atoms with Crippen LogP contribution in [0.15, 0.2) is 221 Å². The molecule has 4 aliphatic carbocycles. The van der Waals surface area contributed by atoms with Gasteiger partial charge in [0.2, 0.25) is 0 Å². The van der Waals surface area contributed by atoms with Crippen LogP contribution < -0.4 is 4.90 Å². The van der Waals surface area contributed by atoms with E-state index in [0.717, 1.165) is 35.2 Å². The Hall–Kier alpha value is -9.18. The van der Waals surface area contributed by atoms with E-state index in [1.54, 1.807) is 16.7 Å². The standard InChI is InChI=1S/C106H115NO2/c1-9-13-17-21-25-41-64-105(65-42-26-22-18-14-10-2)86-62-63-93-95(81-51-36-39-56-91(81)108-93)94(86)84-71-89-83(70-90(84)105)78-60-58-75(69-88(78)106(89,66-43-27-23-19-15-11-3)67-44-28-24-20-16-12-4)107(101-76(72-46-31-29-32-47-72)53-45-54-77(101)73-48-33-30-34-49-73)74-59-61-80-87(68-74)104(7,8)99-96(80)97-82-52-37-40-57-92(82)109-102(97)98-79-50-35-38-55-85(79)103(5,6)100(98)99/h29-40,45-63,68-71H,9-28,41-44,64-67H2,1-8H3. The van der Waals surface area contributed by atoms with Crippen molar-refractivity contribution in [3.05, 3.63) is 257 Å². The highest BCUT2D eigenvalue weighted by Crippen LogP contribution is 2.67. The van der Waals surface area contributed by atoms with Crippen LogP contribution in [0.2, 0.25) is 0 Å². The van der Waals surface area contributed by atoms with E-state index in [2.05, 4.69) is 273 Å². The fraction of sp³-hybridized carbons (Fsp3) is 0.377. The van der Waals surface area contributed by atoms with Gasteiger partial charge in [-0.2, -0.15) is 0 Å². The lowest BCUT2D eigenvalue weighted by Crippen LogP contribution is -2.27. The minimum absolute atomic E-state index is 0.130. The van der Waals surface area contributed by atoms with Crippen LogP contribution in [0.5, 0.6) is 0 Å². The fourth-order valence-corrected chi connectivity index (χ4v) is 21.6. The highest BCUT2D eigenvalue weighted by Gasteiger charge is 2.51. The highest BCUT2D eigenvalue weighted by molar-refractivity contribution is 6.21. The number of furan rings is 2. The maximum absolute atomic E-state index is 7.24. The van der Waals surface area contributed by atoms with Crippen LogP contribution in [-0.4, -0.2) is 0 Å². The van der Waals surface area contributed by atoms with Crippen molar-refractivity contribution < 1.29 is 8.83 Å². The van der Waals surface area contributed by atoms with Gasteiger partial charge in [0.1, 0.15) is 22.3 Å². The number of fused-ring (bicyclic) bond motifs is 22. The summed E-state index contributed by atoms with van der Waals surface area (Å²) >= 11 is 0. The molecule has 4 aliphatic rings. The average Bonchev–Trinajstić information content (AvgIpc) is 1.51. The Morgan fingerprint density at radius 3 is 1.28 bits per heavy atom. The van der Waals surface area contributed by atoms with E-state index in [4.69, 9.17) is 8.83 Å². The van der Waals surface area contributed by atoms with Crippen LogP contribution in [-0.2, 0) is 21.7 Å². The molecule has 3 heteroatoms. The van der Waals surface area contributed by atoms with Crippen molar-refractivity contribution in [2.24, 2.45) is 0 Å². The van der Waals surface area contributed by atoms with Crippen molar-refractivity contribution in [2.45, 2.75) is 257 Å². The van der Waals surface area contributed by atoms with E-state index < -0.39 is 5.41 Å². The number of para-hydroxylation sites is 3. The Labute approximate surface area is 651 Å². The second-order valence-electron chi connectivity index (χ2n) is 34.5. The van der Waals surface area contributed by atoms with Gasteiger partial charge in [-0.25, -0.2) is 0 Å². The average molecular weight is 1440 g/mol. The Kier molecular flexibility index (Phi) is 20.4. The smallest absolute Gasteiger partial charge is 0.144 e. The molecule has 0 saturated heterocycles. The van der Waals surface area contributed by atoms with Gasteiger partial charge in [-0.3, -0.25) is 0 Å². The lowest BCUT2D eigenvalue weighted by molar-refractivity contribution is 0.394. The Morgan fingerprint density at radius 2 is 0.697 bits per heavy atom.